The van der Waals surface area contributed by atoms with E-state index < -0.39 is 0 Å². The van der Waals surface area contributed by atoms with Gasteiger partial charge in [0.15, 0.2) is 0 Å². The summed E-state index contributed by atoms with van der Waals surface area (Å²) < 4.78 is 2.41. The van der Waals surface area contributed by atoms with Crippen LogP contribution in [0, 0.1) is 0 Å². The van der Waals surface area contributed by atoms with E-state index in [0.717, 1.165) is 12.8 Å². The van der Waals surface area contributed by atoms with Crippen LogP contribution in [-0.2, 0) is 25.7 Å². The number of nitrogens with zero attached hydrogens (tertiary/aromatic N) is 1. The summed E-state index contributed by atoms with van der Waals surface area (Å²) in [5.41, 5.74) is 18.0. The van der Waals surface area contributed by atoms with E-state index in [4.69, 9.17) is 0 Å². The molecule has 2 aliphatic rings. The van der Waals surface area contributed by atoms with E-state index in [1.165, 1.54) is 132 Å². The van der Waals surface area contributed by atoms with Gasteiger partial charge < -0.3 is 4.57 Å². The average Bonchev–Trinajstić information content (AvgIpc) is 3.57. The van der Waals surface area contributed by atoms with Crippen molar-refractivity contribution in [1.29, 1.82) is 0 Å². The first-order valence-electron chi connectivity index (χ1n) is 19.6. The predicted octanol–water partition coefficient (Wildman–Crippen LogP) is 13.8. The second-order valence-electron chi connectivity index (χ2n) is 15.3. The van der Waals surface area contributed by atoms with Crippen LogP contribution in [0.15, 0.2) is 152 Å². The van der Waals surface area contributed by atoms with Gasteiger partial charge in [0.2, 0.25) is 0 Å². The molecule has 1 heterocycles. The first kappa shape index (κ1) is 30.7. The van der Waals surface area contributed by atoms with Gasteiger partial charge in [0, 0.05) is 16.5 Å². The van der Waals surface area contributed by atoms with Crippen LogP contribution in [0.3, 0.4) is 0 Å². The van der Waals surface area contributed by atoms with Gasteiger partial charge in [0.1, 0.15) is 0 Å². The second-order valence-corrected chi connectivity index (χ2v) is 15.3. The lowest BCUT2D eigenvalue weighted by atomic mass is 9.79. The molecule has 0 N–H and O–H groups in total. The highest BCUT2D eigenvalue weighted by molar-refractivity contribution is 6.22. The van der Waals surface area contributed by atoms with Crippen LogP contribution in [0.1, 0.15) is 47.9 Å². The Balaban J connectivity index is 1.16. The fourth-order valence-electron chi connectivity index (χ4n) is 9.97. The fourth-order valence-corrected chi connectivity index (χ4v) is 9.97. The molecule has 11 rings (SSSR count). The zero-order chi connectivity index (χ0) is 34.9. The molecule has 0 unspecified atom stereocenters. The van der Waals surface area contributed by atoms with E-state index in [9.17, 15) is 0 Å². The number of benzene rings is 8. The average molecular weight is 680 g/mol. The molecule has 0 radical (unpaired) electrons. The number of aromatic nitrogens is 1. The molecule has 8 aromatic carbocycles. The highest BCUT2D eigenvalue weighted by Gasteiger charge is 2.24. The van der Waals surface area contributed by atoms with Gasteiger partial charge >= 0.3 is 0 Å². The first-order chi connectivity index (χ1) is 26.3. The monoisotopic (exact) mass is 679 g/mol. The Morgan fingerprint density at radius 3 is 1.40 bits per heavy atom. The Morgan fingerprint density at radius 2 is 0.811 bits per heavy atom. The van der Waals surface area contributed by atoms with Crippen molar-refractivity contribution in [3.05, 3.63) is 174 Å². The maximum absolute atomic E-state index is 2.51. The van der Waals surface area contributed by atoms with Gasteiger partial charge in [-0.3, -0.25) is 0 Å². The van der Waals surface area contributed by atoms with Gasteiger partial charge in [0.05, 0.1) is 11.0 Å². The second kappa shape index (κ2) is 12.3. The van der Waals surface area contributed by atoms with Crippen LogP contribution >= 0.6 is 0 Å². The topological polar surface area (TPSA) is 4.93 Å². The maximum atomic E-state index is 2.51. The highest BCUT2D eigenvalue weighted by atomic mass is 15.0. The SMILES string of the molecule is c1cc2c(c(-c3c4ccccc4c(-c4cccc5c4CCCC5)c4cc(-c5ccc(-n6c7ccccc7c7ccccc76)cc5)ccc34)c1)CCCC2. The molecule has 0 aliphatic heterocycles. The van der Waals surface area contributed by atoms with Crippen molar-refractivity contribution in [3.63, 3.8) is 0 Å². The summed E-state index contributed by atoms with van der Waals surface area (Å²) in [5.74, 6) is 0. The standard InChI is InChI=1S/C52H41N/c1-3-17-39-35(13-1)15-11-23-43(39)51-45-21-5-6-22-46(45)52(44-24-12-16-36-14-2-4-18-40(36)44)48-33-37(29-32-47(48)51)34-27-30-38(31-28-34)53-49-25-9-7-19-41(49)42-20-8-10-26-50(42)53/h5-12,15-16,19-33H,1-4,13-14,17-18H2. The summed E-state index contributed by atoms with van der Waals surface area (Å²) in [6.45, 7) is 0. The Bertz CT molecular complexity index is 2830. The lowest BCUT2D eigenvalue weighted by Gasteiger charge is -2.25. The minimum atomic E-state index is 1.15. The number of fused-ring (bicyclic) bond motifs is 7. The number of hydrogen-bond donors (Lipinski definition) is 0. The zero-order valence-corrected chi connectivity index (χ0v) is 30.0. The van der Waals surface area contributed by atoms with Crippen molar-refractivity contribution in [3.8, 4) is 39.1 Å². The molecule has 0 amide bonds. The van der Waals surface area contributed by atoms with Gasteiger partial charge in [0.25, 0.3) is 0 Å². The van der Waals surface area contributed by atoms with E-state index in [1.54, 1.807) is 11.1 Å². The van der Waals surface area contributed by atoms with E-state index in [2.05, 4.69) is 156 Å². The predicted molar refractivity (Wildman–Crippen MR) is 225 cm³/mol. The Labute approximate surface area is 311 Å². The third kappa shape index (κ3) is 4.84. The first-order valence-corrected chi connectivity index (χ1v) is 19.6. The molecule has 0 atom stereocenters. The van der Waals surface area contributed by atoms with Crippen molar-refractivity contribution in [2.75, 3.05) is 0 Å². The third-order valence-corrected chi connectivity index (χ3v) is 12.4. The Kier molecular flexibility index (Phi) is 7.15. The smallest absolute Gasteiger partial charge is 0.0541 e. The van der Waals surface area contributed by atoms with E-state index >= 15 is 0 Å². The van der Waals surface area contributed by atoms with Crippen LogP contribution in [0.2, 0.25) is 0 Å². The van der Waals surface area contributed by atoms with Gasteiger partial charge in [-0.15, -0.1) is 0 Å². The van der Waals surface area contributed by atoms with Crippen LogP contribution < -0.4 is 0 Å². The van der Waals surface area contributed by atoms with Gasteiger partial charge in [-0.25, -0.2) is 0 Å². The lowest BCUT2D eigenvalue weighted by molar-refractivity contribution is 0.687. The minimum Gasteiger partial charge on any atom is -0.309 e. The number of aryl methyl sites for hydroxylation is 2. The molecular weight excluding hydrogens is 639 g/mol. The van der Waals surface area contributed by atoms with Crippen LogP contribution in [0.4, 0.5) is 0 Å². The number of para-hydroxylation sites is 2. The molecule has 0 fully saturated rings. The Hall–Kier alpha value is -5.92. The zero-order valence-electron chi connectivity index (χ0n) is 30.0. The van der Waals surface area contributed by atoms with Crippen molar-refractivity contribution < 1.29 is 0 Å². The number of rotatable bonds is 4. The largest absolute Gasteiger partial charge is 0.309 e. The summed E-state index contributed by atoms with van der Waals surface area (Å²) in [6.07, 6.45) is 9.77. The third-order valence-electron chi connectivity index (χ3n) is 12.4. The van der Waals surface area contributed by atoms with Crippen molar-refractivity contribution in [2.24, 2.45) is 0 Å². The summed E-state index contributed by atoms with van der Waals surface area (Å²) in [6, 6.07) is 57.5. The van der Waals surface area contributed by atoms with Crippen molar-refractivity contribution in [2.45, 2.75) is 51.4 Å². The van der Waals surface area contributed by atoms with Gasteiger partial charge in [-0.05, 0) is 159 Å². The van der Waals surface area contributed by atoms with E-state index in [0.29, 0.717) is 0 Å². The molecule has 53 heavy (non-hydrogen) atoms. The van der Waals surface area contributed by atoms with E-state index in [-0.39, 0.29) is 0 Å². The molecule has 0 saturated heterocycles. The fraction of sp³-hybridized carbons (Fsp3) is 0.154. The van der Waals surface area contributed by atoms with E-state index in [1.807, 2.05) is 0 Å². The molecule has 0 spiro atoms. The minimum absolute atomic E-state index is 1.15. The normalized spacial score (nSPS) is 14.2. The summed E-state index contributed by atoms with van der Waals surface area (Å²) in [5, 5.41) is 8.03. The van der Waals surface area contributed by atoms with Crippen molar-refractivity contribution in [1.82, 2.24) is 4.57 Å². The van der Waals surface area contributed by atoms with Crippen molar-refractivity contribution >= 4 is 43.4 Å². The molecule has 0 bridgehead atoms. The van der Waals surface area contributed by atoms with Crippen LogP contribution in [0.5, 0.6) is 0 Å². The molecule has 1 aromatic heterocycles. The molecule has 0 saturated carbocycles. The quantitative estimate of drug-likeness (QED) is 0.163. The molecule has 9 aromatic rings. The molecule has 254 valence electrons. The van der Waals surface area contributed by atoms with Gasteiger partial charge in [-0.2, -0.15) is 0 Å². The lowest BCUT2D eigenvalue weighted by Crippen LogP contribution is -2.06. The molecule has 1 heteroatoms. The summed E-state index contributed by atoms with van der Waals surface area (Å²) in [4.78, 5) is 0. The molecular formula is C52H41N. The Morgan fingerprint density at radius 1 is 0.340 bits per heavy atom. The number of hydrogen-bond acceptors (Lipinski definition) is 0. The summed E-state index contributed by atoms with van der Waals surface area (Å²) >= 11 is 0. The van der Waals surface area contributed by atoms with Crippen LogP contribution in [0.25, 0.3) is 82.4 Å². The summed E-state index contributed by atoms with van der Waals surface area (Å²) in [7, 11) is 0. The maximum Gasteiger partial charge on any atom is 0.0541 e. The molecule has 2 aliphatic carbocycles. The van der Waals surface area contributed by atoms with Crippen LogP contribution in [-0.4, -0.2) is 4.57 Å². The highest BCUT2D eigenvalue weighted by Crippen LogP contribution is 2.48. The molecule has 1 nitrogen and oxygen atoms in total. The van der Waals surface area contributed by atoms with Gasteiger partial charge in [-0.1, -0.05) is 121 Å².